The number of anilines is 1. The molecule has 2 rings (SSSR count). The van der Waals surface area contributed by atoms with Gasteiger partial charge in [0.1, 0.15) is 0 Å². The van der Waals surface area contributed by atoms with Crippen molar-refractivity contribution in [3.63, 3.8) is 0 Å². The van der Waals surface area contributed by atoms with Gasteiger partial charge in [-0.15, -0.1) is 0 Å². The third kappa shape index (κ3) is 2.99. The minimum absolute atomic E-state index is 0.282. The highest BCUT2D eigenvalue weighted by atomic mass is 127. The molecule has 0 aliphatic carbocycles. The molecule has 3 heteroatoms. The molecule has 0 fully saturated rings. The number of halogens is 1. The van der Waals surface area contributed by atoms with E-state index >= 15 is 0 Å². The summed E-state index contributed by atoms with van der Waals surface area (Å²) < 4.78 is 6.78. The first-order chi connectivity index (χ1) is 8.65. The number of ether oxygens (including phenoxy) is 1. The predicted molar refractivity (Wildman–Crippen MR) is 85.4 cm³/mol. The van der Waals surface area contributed by atoms with Gasteiger partial charge in [-0.25, -0.2) is 0 Å². The molecule has 0 saturated heterocycles. The van der Waals surface area contributed by atoms with Gasteiger partial charge in [-0.1, -0.05) is 6.92 Å². The summed E-state index contributed by atoms with van der Waals surface area (Å²) in [5.41, 5.74) is 2.91. The van der Waals surface area contributed by atoms with E-state index in [1.54, 1.807) is 7.11 Å². The van der Waals surface area contributed by atoms with Crippen molar-refractivity contribution in [1.29, 1.82) is 0 Å². The maximum absolute atomic E-state index is 5.44. The van der Waals surface area contributed by atoms with E-state index < -0.39 is 0 Å². The Morgan fingerprint density at radius 3 is 2.94 bits per heavy atom. The van der Waals surface area contributed by atoms with Crippen LogP contribution >= 0.6 is 22.6 Å². The van der Waals surface area contributed by atoms with E-state index in [-0.39, 0.29) is 6.10 Å². The van der Waals surface area contributed by atoms with Crippen LogP contribution in [0.15, 0.2) is 18.2 Å². The molecule has 2 nitrogen and oxygen atoms in total. The standard InChI is InChI=1S/C15H22INO/c1-4-14-7-5-12-9-13(16)6-8-15(12)17(14)10-11(2)18-3/h6,8-9,11,14H,4-5,7,10H2,1-3H3/t11?,14-/m1/s1. The molecule has 2 atom stereocenters. The summed E-state index contributed by atoms with van der Waals surface area (Å²) in [7, 11) is 1.80. The van der Waals surface area contributed by atoms with E-state index in [2.05, 4.69) is 59.5 Å². The third-order valence-corrected chi connectivity index (χ3v) is 4.54. The molecule has 100 valence electrons. The topological polar surface area (TPSA) is 12.5 Å². The molecule has 1 aromatic carbocycles. The van der Waals surface area contributed by atoms with Gasteiger partial charge >= 0.3 is 0 Å². The van der Waals surface area contributed by atoms with E-state index in [0.717, 1.165) is 6.54 Å². The van der Waals surface area contributed by atoms with Gasteiger partial charge in [0.15, 0.2) is 0 Å². The number of nitrogens with zero attached hydrogens (tertiary/aromatic N) is 1. The average molecular weight is 359 g/mol. The van der Waals surface area contributed by atoms with Crippen LogP contribution in [-0.2, 0) is 11.2 Å². The van der Waals surface area contributed by atoms with Crippen LogP contribution in [0.1, 0.15) is 32.3 Å². The molecule has 1 aromatic rings. The molecule has 0 radical (unpaired) electrons. The predicted octanol–water partition coefficient (Wildman–Crippen LogP) is 3.86. The summed E-state index contributed by atoms with van der Waals surface area (Å²) in [4.78, 5) is 2.54. The summed E-state index contributed by atoms with van der Waals surface area (Å²) in [5, 5.41) is 0. The first-order valence-corrected chi connectivity index (χ1v) is 7.81. The van der Waals surface area contributed by atoms with E-state index in [0.29, 0.717) is 6.04 Å². The molecule has 0 spiro atoms. The molecular weight excluding hydrogens is 337 g/mol. The third-order valence-electron chi connectivity index (χ3n) is 3.87. The highest BCUT2D eigenvalue weighted by Crippen LogP contribution is 2.33. The normalized spacial score (nSPS) is 20.7. The zero-order chi connectivity index (χ0) is 13.1. The van der Waals surface area contributed by atoms with E-state index in [4.69, 9.17) is 4.74 Å². The molecule has 1 aliphatic heterocycles. The molecule has 0 bridgehead atoms. The van der Waals surface area contributed by atoms with Crippen molar-refractivity contribution in [3.8, 4) is 0 Å². The molecule has 0 N–H and O–H groups in total. The van der Waals surface area contributed by atoms with Crippen molar-refractivity contribution in [2.75, 3.05) is 18.6 Å². The largest absolute Gasteiger partial charge is 0.380 e. The fourth-order valence-electron chi connectivity index (χ4n) is 2.73. The van der Waals surface area contributed by atoms with E-state index in [9.17, 15) is 0 Å². The summed E-state index contributed by atoms with van der Waals surface area (Å²) in [6.07, 6.45) is 3.97. The fourth-order valence-corrected chi connectivity index (χ4v) is 3.29. The van der Waals surface area contributed by atoms with Gasteiger partial charge in [-0.05, 0) is 72.5 Å². The Morgan fingerprint density at radius 2 is 2.28 bits per heavy atom. The lowest BCUT2D eigenvalue weighted by molar-refractivity contribution is 0.120. The van der Waals surface area contributed by atoms with Crippen LogP contribution in [0, 0.1) is 3.57 Å². The SMILES string of the molecule is CC[C@@H]1CCc2cc(I)ccc2N1CC(C)OC. The molecule has 0 aromatic heterocycles. The maximum Gasteiger partial charge on any atom is 0.0718 e. The zero-order valence-electron chi connectivity index (χ0n) is 11.4. The van der Waals surface area contributed by atoms with Crippen molar-refractivity contribution < 1.29 is 4.74 Å². The van der Waals surface area contributed by atoms with Crippen molar-refractivity contribution in [1.82, 2.24) is 0 Å². The van der Waals surface area contributed by atoms with Gasteiger partial charge in [-0.2, -0.15) is 0 Å². The van der Waals surface area contributed by atoms with Gasteiger partial charge in [0.25, 0.3) is 0 Å². The Morgan fingerprint density at radius 1 is 1.50 bits per heavy atom. The number of rotatable bonds is 4. The second kappa shape index (κ2) is 6.24. The van der Waals surface area contributed by atoms with Gasteiger partial charge in [0, 0.05) is 29.0 Å². The number of aryl methyl sites for hydroxylation is 1. The number of benzene rings is 1. The highest BCUT2D eigenvalue weighted by Gasteiger charge is 2.26. The van der Waals surface area contributed by atoms with E-state index in [1.807, 2.05) is 0 Å². The van der Waals surface area contributed by atoms with Gasteiger partial charge < -0.3 is 9.64 Å². The fraction of sp³-hybridized carbons (Fsp3) is 0.600. The highest BCUT2D eigenvalue weighted by molar-refractivity contribution is 14.1. The lowest BCUT2D eigenvalue weighted by atomic mass is 9.94. The monoisotopic (exact) mass is 359 g/mol. The Balaban J connectivity index is 2.28. The molecule has 1 heterocycles. The number of methoxy groups -OCH3 is 1. The summed E-state index contributed by atoms with van der Waals surface area (Å²) in [5.74, 6) is 0. The molecule has 1 aliphatic rings. The van der Waals surface area contributed by atoms with Gasteiger partial charge in [-0.3, -0.25) is 0 Å². The summed E-state index contributed by atoms with van der Waals surface area (Å²) in [6, 6.07) is 7.48. The number of fused-ring (bicyclic) bond motifs is 1. The minimum atomic E-state index is 0.282. The Kier molecular flexibility index (Phi) is 4.90. The van der Waals surface area contributed by atoms with Crippen molar-refractivity contribution >= 4 is 28.3 Å². The van der Waals surface area contributed by atoms with Crippen molar-refractivity contribution in [2.45, 2.75) is 45.3 Å². The quantitative estimate of drug-likeness (QED) is 0.757. The van der Waals surface area contributed by atoms with Crippen LogP contribution in [0.25, 0.3) is 0 Å². The van der Waals surface area contributed by atoms with Gasteiger partial charge in [0.05, 0.1) is 6.10 Å². The van der Waals surface area contributed by atoms with Crippen LogP contribution in [0.4, 0.5) is 5.69 Å². The molecule has 0 amide bonds. The van der Waals surface area contributed by atoms with Crippen LogP contribution in [-0.4, -0.2) is 25.8 Å². The Hall–Kier alpha value is -0.290. The van der Waals surface area contributed by atoms with Crippen LogP contribution in [0.3, 0.4) is 0 Å². The van der Waals surface area contributed by atoms with Crippen LogP contribution in [0.2, 0.25) is 0 Å². The first kappa shape index (κ1) is 14.1. The average Bonchev–Trinajstić information content (AvgIpc) is 2.38. The molecular formula is C15H22INO. The number of hydrogen-bond acceptors (Lipinski definition) is 2. The lowest BCUT2D eigenvalue weighted by Gasteiger charge is -2.40. The van der Waals surface area contributed by atoms with Crippen molar-refractivity contribution in [2.24, 2.45) is 0 Å². The Labute approximate surface area is 124 Å². The number of hydrogen-bond donors (Lipinski definition) is 0. The second-order valence-corrected chi connectivity index (χ2v) is 6.32. The lowest BCUT2D eigenvalue weighted by Crippen LogP contribution is -2.43. The van der Waals surface area contributed by atoms with Crippen LogP contribution < -0.4 is 4.90 Å². The smallest absolute Gasteiger partial charge is 0.0718 e. The molecule has 0 saturated carbocycles. The molecule has 18 heavy (non-hydrogen) atoms. The maximum atomic E-state index is 5.44. The second-order valence-electron chi connectivity index (χ2n) is 5.07. The van der Waals surface area contributed by atoms with Gasteiger partial charge in [0.2, 0.25) is 0 Å². The summed E-state index contributed by atoms with van der Waals surface area (Å²) >= 11 is 2.40. The van der Waals surface area contributed by atoms with Crippen LogP contribution in [0.5, 0.6) is 0 Å². The molecule has 1 unspecified atom stereocenters. The van der Waals surface area contributed by atoms with E-state index in [1.165, 1.54) is 34.1 Å². The minimum Gasteiger partial charge on any atom is -0.380 e. The summed E-state index contributed by atoms with van der Waals surface area (Å²) in [6.45, 7) is 5.42. The Bertz CT molecular complexity index is 407. The van der Waals surface area contributed by atoms with Crippen molar-refractivity contribution in [3.05, 3.63) is 27.3 Å². The first-order valence-electron chi connectivity index (χ1n) is 6.73. The zero-order valence-corrected chi connectivity index (χ0v) is 13.6.